The Kier molecular flexibility index (Phi) is 6.80. The van der Waals surface area contributed by atoms with E-state index in [1.54, 1.807) is 0 Å². The van der Waals surface area contributed by atoms with E-state index in [1.165, 1.54) is 6.42 Å². The summed E-state index contributed by atoms with van der Waals surface area (Å²) < 4.78 is 0. The molecule has 6 heteroatoms. The number of nitrogens with two attached hydrogens (primary N) is 1. The molecule has 1 rings (SSSR count). The minimum absolute atomic E-state index is 0.0211. The van der Waals surface area contributed by atoms with Gasteiger partial charge in [-0.1, -0.05) is 6.42 Å². The molecule has 0 aliphatic carbocycles. The van der Waals surface area contributed by atoms with Crippen molar-refractivity contribution in [1.29, 1.82) is 0 Å². The number of rotatable bonds is 5. The van der Waals surface area contributed by atoms with Crippen LogP contribution in [0.2, 0.25) is 0 Å². The van der Waals surface area contributed by atoms with Gasteiger partial charge in [0.2, 0.25) is 5.91 Å². The van der Waals surface area contributed by atoms with Crippen LogP contribution in [0.15, 0.2) is 0 Å². The molecule has 0 radical (unpaired) electrons. The van der Waals surface area contributed by atoms with Crippen molar-refractivity contribution in [2.75, 3.05) is 19.6 Å². The maximum absolute atomic E-state index is 11.8. The molecule has 1 aliphatic heterocycles. The van der Waals surface area contributed by atoms with Crippen LogP contribution in [0, 0.1) is 0 Å². The zero-order valence-corrected chi connectivity index (χ0v) is 11.9. The molecule has 1 heterocycles. The van der Waals surface area contributed by atoms with Crippen molar-refractivity contribution in [2.45, 2.75) is 51.6 Å². The Morgan fingerprint density at radius 3 is 2.74 bits per heavy atom. The van der Waals surface area contributed by atoms with Gasteiger partial charge in [-0.3, -0.25) is 15.0 Å². The molecular formula is C13H26N4O2. The van der Waals surface area contributed by atoms with Crippen molar-refractivity contribution in [1.82, 2.24) is 15.5 Å². The molecule has 0 aromatic rings. The maximum atomic E-state index is 11.8. The number of imide groups is 1. The molecule has 0 saturated carbocycles. The molecule has 1 fully saturated rings. The zero-order chi connectivity index (χ0) is 14.3. The Morgan fingerprint density at radius 1 is 1.37 bits per heavy atom. The first-order valence-electron chi connectivity index (χ1n) is 7.07. The minimum Gasteiger partial charge on any atom is -0.336 e. The van der Waals surface area contributed by atoms with Crippen molar-refractivity contribution in [3.8, 4) is 0 Å². The fourth-order valence-electron chi connectivity index (χ4n) is 2.44. The van der Waals surface area contributed by atoms with Gasteiger partial charge >= 0.3 is 6.03 Å². The molecule has 1 saturated heterocycles. The van der Waals surface area contributed by atoms with E-state index in [0.717, 1.165) is 25.8 Å². The molecule has 0 aromatic carbocycles. The second-order valence-corrected chi connectivity index (χ2v) is 5.37. The van der Waals surface area contributed by atoms with Gasteiger partial charge in [-0.05, 0) is 46.2 Å². The second-order valence-electron chi connectivity index (χ2n) is 5.37. The van der Waals surface area contributed by atoms with E-state index in [1.807, 2.05) is 13.8 Å². The first-order valence-corrected chi connectivity index (χ1v) is 7.07. The molecule has 1 unspecified atom stereocenters. The van der Waals surface area contributed by atoms with Crippen LogP contribution in [0.5, 0.6) is 0 Å². The number of amides is 3. The van der Waals surface area contributed by atoms with Crippen molar-refractivity contribution in [3.63, 3.8) is 0 Å². The Labute approximate surface area is 115 Å². The fraction of sp³-hybridized carbons (Fsp3) is 0.846. The maximum Gasteiger partial charge on any atom is 0.321 e. The van der Waals surface area contributed by atoms with E-state index in [9.17, 15) is 9.59 Å². The van der Waals surface area contributed by atoms with Gasteiger partial charge < -0.3 is 11.1 Å². The molecule has 6 nitrogen and oxygen atoms in total. The van der Waals surface area contributed by atoms with E-state index >= 15 is 0 Å². The predicted octanol–water partition coefficient (Wildman–Crippen LogP) is 0.424. The van der Waals surface area contributed by atoms with Crippen molar-refractivity contribution >= 4 is 11.9 Å². The van der Waals surface area contributed by atoms with Crippen LogP contribution in [-0.2, 0) is 4.79 Å². The highest BCUT2D eigenvalue weighted by Crippen LogP contribution is 2.18. The van der Waals surface area contributed by atoms with Crippen LogP contribution in [0.4, 0.5) is 4.79 Å². The topological polar surface area (TPSA) is 87.5 Å². The number of piperidine rings is 1. The summed E-state index contributed by atoms with van der Waals surface area (Å²) in [5, 5.41) is 5.00. The smallest absolute Gasteiger partial charge is 0.321 e. The average Bonchev–Trinajstić information content (AvgIpc) is 2.30. The molecule has 3 amide bonds. The number of likely N-dealkylation sites (tertiary alicyclic amines) is 1. The number of nitrogens with zero attached hydrogens (tertiary/aromatic N) is 1. The Hall–Kier alpha value is -1.14. The molecule has 0 bridgehead atoms. The number of hydrogen-bond donors (Lipinski definition) is 3. The monoisotopic (exact) mass is 270 g/mol. The van der Waals surface area contributed by atoms with Gasteiger partial charge in [-0.2, -0.15) is 0 Å². The highest BCUT2D eigenvalue weighted by molar-refractivity contribution is 5.95. The van der Waals surface area contributed by atoms with Gasteiger partial charge in [0, 0.05) is 12.1 Å². The number of carbonyl (C=O) groups excluding carboxylic acids is 2. The van der Waals surface area contributed by atoms with Gasteiger partial charge in [-0.25, -0.2) is 4.79 Å². The van der Waals surface area contributed by atoms with Crippen LogP contribution < -0.4 is 16.4 Å². The third-order valence-electron chi connectivity index (χ3n) is 3.27. The van der Waals surface area contributed by atoms with Crippen LogP contribution >= 0.6 is 0 Å². The third kappa shape index (κ3) is 6.02. The van der Waals surface area contributed by atoms with Crippen molar-refractivity contribution < 1.29 is 9.59 Å². The van der Waals surface area contributed by atoms with Crippen LogP contribution in [0.1, 0.15) is 39.5 Å². The van der Waals surface area contributed by atoms with Crippen LogP contribution in [-0.4, -0.2) is 48.6 Å². The molecule has 19 heavy (non-hydrogen) atoms. The number of nitrogens with one attached hydrogen (secondary N) is 2. The van der Waals surface area contributed by atoms with Crippen LogP contribution in [0.25, 0.3) is 0 Å². The third-order valence-corrected chi connectivity index (χ3v) is 3.27. The van der Waals surface area contributed by atoms with Gasteiger partial charge in [0.15, 0.2) is 0 Å². The van der Waals surface area contributed by atoms with Crippen LogP contribution in [0.3, 0.4) is 0 Å². The zero-order valence-electron chi connectivity index (χ0n) is 11.9. The molecule has 4 N–H and O–H groups in total. The summed E-state index contributed by atoms with van der Waals surface area (Å²) in [6, 6.07) is -0.0298. The highest BCUT2D eigenvalue weighted by atomic mass is 16.2. The Morgan fingerprint density at radius 2 is 2.11 bits per heavy atom. The summed E-state index contributed by atoms with van der Waals surface area (Å²) >= 11 is 0. The van der Waals surface area contributed by atoms with E-state index in [4.69, 9.17) is 5.73 Å². The lowest BCUT2D eigenvalue weighted by atomic mass is 9.99. The first kappa shape index (κ1) is 15.9. The van der Waals surface area contributed by atoms with E-state index in [-0.39, 0.29) is 18.5 Å². The van der Waals surface area contributed by atoms with Crippen molar-refractivity contribution in [3.05, 3.63) is 0 Å². The quantitative estimate of drug-likeness (QED) is 0.676. The van der Waals surface area contributed by atoms with E-state index in [0.29, 0.717) is 12.6 Å². The summed E-state index contributed by atoms with van der Waals surface area (Å²) in [6.07, 6.45) is 4.29. The number of hydrogen-bond acceptors (Lipinski definition) is 4. The molecule has 1 aliphatic rings. The Balaban J connectivity index is 2.39. The lowest BCUT2D eigenvalue weighted by molar-refractivity contribution is -0.122. The lowest BCUT2D eigenvalue weighted by Crippen LogP contribution is -2.49. The van der Waals surface area contributed by atoms with E-state index < -0.39 is 6.03 Å². The first-order chi connectivity index (χ1) is 9.02. The standard InChI is InChI=1S/C13H26N4O2/c1-10(2)15-13(19)16-12(18)9-17-8-4-3-5-11(17)6-7-14/h10-11H,3-9,14H2,1-2H3,(H2,15,16,18,19). The second kappa shape index (κ2) is 8.12. The summed E-state index contributed by atoms with van der Waals surface area (Å²) in [6.45, 7) is 5.52. The number of urea groups is 1. The summed E-state index contributed by atoms with van der Waals surface area (Å²) in [7, 11) is 0. The van der Waals surface area contributed by atoms with Gasteiger partial charge in [-0.15, -0.1) is 0 Å². The summed E-state index contributed by atoms with van der Waals surface area (Å²) in [5.41, 5.74) is 5.60. The van der Waals surface area contributed by atoms with E-state index in [2.05, 4.69) is 15.5 Å². The summed E-state index contributed by atoms with van der Waals surface area (Å²) in [5.74, 6) is -0.248. The summed E-state index contributed by atoms with van der Waals surface area (Å²) in [4.78, 5) is 25.4. The molecule has 110 valence electrons. The highest BCUT2D eigenvalue weighted by Gasteiger charge is 2.24. The van der Waals surface area contributed by atoms with Crippen molar-refractivity contribution in [2.24, 2.45) is 5.73 Å². The molecule has 0 aromatic heterocycles. The SMILES string of the molecule is CC(C)NC(=O)NC(=O)CN1CCCCC1CCN. The minimum atomic E-state index is -0.424. The lowest BCUT2D eigenvalue weighted by Gasteiger charge is -2.34. The predicted molar refractivity (Wildman–Crippen MR) is 74.7 cm³/mol. The molecule has 0 spiro atoms. The fourth-order valence-corrected chi connectivity index (χ4v) is 2.44. The van der Waals surface area contributed by atoms with Gasteiger partial charge in [0.25, 0.3) is 0 Å². The normalized spacial score (nSPS) is 20.3. The van der Waals surface area contributed by atoms with Gasteiger partial charge in [0.1, 0.15) is 0 Å². The van der Waals surface area contributed by atoms with Gasteiger partial charge in [0.05, 0.1) is 6.54 Å². The Bertz CT molecular complexity index is 305. The molecule has 1 atom stereocenters. The average molecular weight is 270 g/mol. The largest absolute Gasteiger partial charge is 0.336 e. The molecular weight excluding hydrogens is 244 g/mol. The number of carbonyl (C=O) groups is 2.